The van der Waals surface area contributed by atoms with Crippen LogP contribution in [0.25, 0.3) is 0 Å². The second-order valence-electron chi connectivity index (χ2n) is 3.54. The molecular formula is C11H6BrClF3N3O. The Bertz CT molecular complexity index is 624. The molecule has 0 aliphatic heterocycles. The van der Waals surface area contributed by atoms with Crippen molar-refractivity contribution in [2.45, 2.75) is 6.36 Å². The highest BCUT2D eigenvalue weighted by atomic mass is 79.9. The van der Waals surface area contributed by atoms with Gasteiger partial charge in [0.05, 0.1) is 5.69 Å². The molecule has 0 atom stereocenters. The molecule has 1 aromatic heterocycles. The van der Waals surface area contributed by atoms with E-state index in [1.807, 2.05) is 0 Å². The third-order valence-corrected chi connectivity index (χ3v) is 2.77. The number of anilines is 2. The fourth-order valence-corrected chi connectivity index (χ4v) is 1.84. The van der Waals surface area contributed by atoms with Gasteiger partial charge in [-0.1, -0.05) is 27.5 Å². The number of rotatable bonds is 3. The van der Waals surface area contributed by atoms with Gasteiger partial charge >= 0.3 is 6.36 Å². The van der Waals surface area contributed by atoms with Crippen LogP contribution < -0.4 is 10.1 Å². The van der Waals surface area contributed by atoms with Crippen LogP contribution in [0, 0.1) is 0 Å². The second kappa shape index (κ2) is 5.84. The lowest BCUT2D eigenvalue weighted by atomic mass is 10.3. The van der Waals surface area contributed by atoms with Crippen LogP contribution in [0.1, 0.15) is 0 Å². The zero-order valence-electron chi connectivity index (χ0n) is 9.58. The molecule has 106 valence electrons. The molecule has 0 spiro atoms. The molecule has 4 nitrogen and oxygen atoms in total. The molecule has 0 aliphatic carbocycles. The highest BCUT2D eigenvalue weighted by Crippen LogP contribution is 2.34. The number of hydrogen-bond acceptors (Lipinski definition) is 4. The van der Waals surface area contributed by atoms with E-state index < -0.39 is 6.36 Å². The van der Waals surface area contributed by atoms with E-state index in [0.717, 1.165) is 0 Å². The van der Waals surface area contributed by atoms with Gasteiger partial charge in [-0.25, -0.2) is 9.97 Å². The third kappa shape index (κ3) is 4.24. The van der Waals surface area contributed by atoms with E-state index >= 15 is 0 Å². The summed E-state index contributed by atoms with van der Waals surface area (Å²) in [6.45, 7) is 0. The van der Waals surface area contributed by atoms with Crippen molar-refractivity contribution in [1.82, 2.24) is 9.97 Å². The number of nitrogens with zero attached hydrogens (tertiary/aromatic N) is 2. The first-order valence-electron chi connectivity index (χ1n) is 5.13. The summed E-state index contributed by atoms with van der Waals surface area (Å²) in [5, 5.41) is 2.85. The molecule has 0 aliphatic rings. The van der Waals surface area contributed by atoms with Crippen molar-refractivity contribution in [1.29, 1.82) is 0 Å². The molecule has 2 rings (SSSR count). The standard InChI is InChI=1S/C11H6BrClF3N3O/c12-6-1-2-7(8(3-6)20-11(14,15)16)19-10-4-9(13)17-5-18-10/h1-5H,(H,17,18,19). The largest absolute Gasteiger partial charge is 0.573 e. The van der Waals surface area contributed by atoms with Crippen molar-refractivity contribution in [3.05, 3.63) is 40.2 Å². The average Bonchev–Trinajstić information content (AvgIpc) is 2.31. The monoisotopic (exact) mass is 367 g/mol. The molecule has 0 amide bonds. The van der Waals surface area contributed by atoms with Gasteiger partial charge < -0.3 is 10.1 Å². The number of halogens is 5. The molecule has 1 aromatic carbocycles. The summed E-state index contributed by atoms with van der Waals surface area (Å²) in [5.41, 5.74) is 0.0975. The predicted molar refractivity (Wildman–Crippen MR) is 71.1 cm³/mol. The van der Waals surface area contributed by atoms with Crippen molar-refractivity contribution in [3.63, 3.8) is 0 Å². The summed E-state index contributed by atoms with van der Waals surface area (Å²) >= 11 is 8.75. The average molecular weight is 369 g/mol. The van der Waals surface area contributed by atoms with Gasteiger partial charge in [0.2, 0.25) is 0 Å². The van der Waals surface area contributed by atoms with Crippen molar-refractivity contribution < 1.29 is 17.9 Å². The SMILES string of the molecule is FC(F)(F)Oc1cc(Br)ccc1Nc1cc(Cl)ncn1. The summed E-state index contributed by atoms with van der Waals surface area (Å²) in [5.74, 6) is -0.138. The minimum absolute atomic E-state index is 0.0975. The van der Waals surface area contributed by atoms with Crippen LogP contribution in [-0.4, -0.2) is 16.3 Å². The van der Waals surface area contributed by atoms with E-state index in [1.165, 1.54) is 24.5 Å². The molecule has 0 saturated heterocycles. The van der Waals surface area contributed by atoms with Crippen LogP contribution >= 0.6 is 27.5 Å². The first-order chi connectivity index (χ1) is 9.33. The Kier molecular flexibility index (Phi) is 4.34. The van der Waals surface area contributed by atoms with Gasteiger partial charge in [-0.15, -0.1) is 13.2 Å². The summed E-state index contributed by atoms with van der Waals surface area (Å²) in [6, 6.07) is 5.55. The molecule has 0 fully saturated rings. The number of alkyl halides is 3. The van der Waals surface area contributed by atoms with Gasteiger partial charge in [0.15, 0.2) is 5.75 Å². The van der Waals surface area contributed by atoms with Crippen LogP contribution in [0.2, 0.25) is 5.15 Å². The molecule has 9 heteroatoms. The Morgan fingerprint density at radius 3 is 2.60 bits per heavy atom. The van der Waals surface area contributed by atoms with Crippen molar-refractivity contribution in [2.75, 3.05) is 5.32 Å². The Morgan fingerprint density at radius 2 is 1.95 bits per heavy atom. The number of benzene rings is 1. The highest BCUT2D eigenvalue weighted by molar-refractivity contribution is 9.10. The smallest absolute Gasteiger partial charge is 0.404 e. The van der Waals surface area contributed by atoms with Gasteiger partial charge in [-0.3, -0.25) is 0 Å². The number of nitrogens with one attached hydrogen (secondary N) is 1. The summed E-state index contributed by atoms with van der Waals surface area (Å²) in [4.78, 5) is 7.51. The van der Waals surface area contributed by atoms with Gasteiger partial charge in [-0.05, 0) is 18.2 Å². The van der Waals surface area contributed by atoms with E-state index in [0.29, 0.717) is 4.47 Å². The van der Waals surface area contributed by atoms with Crippen molar-refractivity contribution in [2.24, 2.45) is 0 Å². The number of aromatic nitrogens is 2. The fourth-order valence-electron chi connectivity index (χ4n) is 1.35. The molecule has 0 saturated carbocycles. The molecule has 1 N–H and O–H groups in total. The Labute approximate surface area is 125 Å². The molecule has 0 radical (unpaired) electrons. The third-order valence-electron chi connectivity index (χ3n) is 2.07. The molecule has 0 unspecified atom stereocenters. The summed E-state index contributed by atoms with van der Waals surface area (Å²) in [6.07, 6.45) is -3.60. The first kappa shape index (κ1) is 14.9. The van der Waals surface area contributed by atoms with E-state index in [2.05, 4.69) is 36.0 Å². The molecule has 1 heterocycles. The van der Waals surface area contributed by atoms with Crippen LogP contribution in [0.15, 0.2) is 35.1 Å². The number of ether oxygens (including phenoxy) is 1. The van der Waals surface area contributed by atoms with Gasteiger partial charge in [0, 0.05) is 10.5 Å². The maximum Gasteiger partial charge on any atom is 0.573 e. The molecule has 0 bridgehead atoms. The quantitative estimate of drug-likeness (QED) is 0.808. The zero-order valence-corrected chi connectivity index (χ0v) is 11.9. The van der Waals surface area contributed by atoms with Crippen LogP contribution in [0.4, 0.5) is 24.7 Å². The van der Waals surface area contributed by atoms with Gasteiger partial charge in [-0.2, -0.15) is 0 Å². The van der Waals surface area contributed by atoms with E-state index in [9.17, 15) is 13.2 Å². The maximum absolute atomic E-state index is 12.3. The van der Waals surface area contributed by atoms with Crippen LogP contribution in [0.3, 0.4) is 0 Å². The van der Waals surface area contributed by atoms with Crippen molar-refractivity contribution in [3.8, 4) is 5.75 Å². The van der Waals surface area contributed by atoms with Crippen LogP contribution in [0.5, 0.6) is 5.75 Å². The second-order valence-corrected chi connectivity index (χ2v) is 4.84. The van der Waals surface area contributed by atoms with E-state index in [-0.39, 0.29) is 22.4 Å². The van der Waals surface area contributed by atoms with E-state index in [1.54, 1.807) is 6.07 Å². The summed E-state index contributed by atoms with van der Waals surface area (Å²) in [7, 11) is 0. The first-order valence-corrected chi connectivity index (χ1v) is 6.30. The number of hydrogen-bond donors (Lipinski definition) is 1. The zero-order chi connectivity index (χ0) is 14.8. The highest BCUT2D eigenvalue weighted by Gasteiger charge is 2.32. The lowest BCUT2D eigenvalue weighted by Gasteiger charge is -2.14. The van der Waals surface area contributed by atoms with E-state index in [4.69, 9.17) is 11.6 Å². The molecular weight excluding hydrogens is 362 g/mol. The Hall–Kier alpha value is -1.54. The normalized spacial score (nSPS) is 11.2. The van der Waals surface area contributed by atoms with Gasteiger partial charge in [0.25, 0.3) is 0 Å². The topological polar surface area (TPSA) is 47.0 Å². The Morgan fingerprint density at radius 1 is 1.20 bits per heavy atom. The van der Waals surface area contributed by atoms with Crippen molar-refractivity contribution >= 4 is 39.0 Å². The van der Waals surface area contributed by atoms with Crippen LogP contribution in [-0.2, 0) is 0 Å². The summed E-state index contributed by atoms with van der Waals surface area (Å²) < 4.78 is 41.4. The lowest BCUT2D eigenvalue weighted by molar-refractivity contribution is -0.274. The molecule has 20 heavy (non-hydrogen) atoms. The minimum Gasteiger partial charge on any atom is -0.404 e. The predicted octanol–water partition coefficient (Wildman–Crippen LogP) is 4.53. The molecule has 2 aromatic rings. The fraction of sp³-hybridized carbons (Fsp3) is 0.0909. The lowest BCUT2D eigenvalue weighted by Crippen LogP contribution is -2.18. The van der Waals surface area contributed by atoms with Gasteiger partial charge in [0.1, 0.15) is 17.3 Å². The minimum atomic E-state index is -4.79. The Balaban J connectivity index is 2.31. The maximum atomic E-state index is 12.3.